The highest BCUT2D eigenvalue weighted by atomic mass is 16.1. The number of hydrogen-bond acceptors (Lipinski definition) is 3. The third-order valence-electron chi connectivity index (χ3n) is 3.42. The lowest BCUT2D eigenvalue weighted by Gasteiger charge is -2.15. The summed E-state index contributed by atoms with van der Waals surface area (Å²) in [4.78, 5) is 15.5. The van der Waals surface area contributed by atoms with E-state index in [1.54, 1.807) is 12.3 Å². The van der Waals surface area contributed by atoms with Gasteiger partial charge < -0.3 is 9.88 Å². The Kier molecular flexibility index (Phi) is 3.35. The first-order valence-electron chi connectivity index (χ1n) is 6.75. The lowest BCUT2D eigenvalue weighted by atomic mass is 10.1. The maximum atomic E-state index is 11.1. The van der Waals surface area contributed by atoms with Gasteiger partial charge in [0.2, 0.25) is 0 Å². The van der Waals surface area contributed by atoms with Gasteiger partial charge in [-0.15, -0.1) is 0 Å². The molecule has 108 valence electrons. The van der Waals surface area contributed by atoms with E-state index in [0.29, 0.717) is 0 Å². The van der Waals surface area contributed by atoms with Crippen molar-refractivity contribution in [2.24, 2.45) is 7.05 Å². The van der Waals surface area contributed by atoms with Crippen molar-refractivity contribution in [2.45, 2.75) is 13.0 Å². The molecule has 3 rings (SSSR count). The average Bonchev–Trinajstić information content (AvgIpc) is 3.08. The molecule has 6 heteroatoms. The van der Waals surface area contributed by atoms with Crippen LogP contribution in [0.2, 0.25) is 0 Å². The molecule has 1 unspecified atom stereocenters. The maximum Gasteiger partial charge on any atom is 0.264 e. The number of H-pyrrole nitrogens is 2. The van der Waals surface area contributed by atoms with E-state index < -0.39 is 0 Å². The molecule has 0 aliphatic carbocycles. The van der Waals surface area contributed by atoms with E-state index in [2.05, 4.69) is 27.4 Å². The van der Waals surface area contributed by atoms with Gasteiger partial charge in [-0.05, 0) is 24.6 Å². The molecule has 0 aliphatic heterocycles. The minimum absolute atomic E-state index is 0.114. The maximum absolute atomic E-state index is 11.1. The van der Waals surface area contributed by atoms with Crippen LogP contribution in [0.15, 0.2) is 47.5 Å². The first-order valence-corrected chi connectivity index (χ1v) is 6.75. The molecule has 3 N–H and O–H groups in total. The van der Waals surface area contributed by atoms with Gasteiger partial charge >= 0.3 is 0 Å². The number of aromatic amines is 2. The summed E-state index contributed by atoms with van der Waals surface area (Å²) in [7, 11) is 1.98. The van der Waals surface area contributed by atoms with Crippen molar-refractivity contribution in [3.63, 3.8) is 0 Å². The van der Waals surface area contributed by atoms with Crippen LogP contribution in [0, 0.1) is 0 Å². The summed E-state index contributed by atoms with van der Waals surface area (Å²) in [5.41, 5.74) is 2.62. The van der Waals surface area contributed by atoms with Crippen molar-refractivity contribution in [3.8, 4) is 11.3 Å². The fourth-order valence-electron chi connectivity index (χ4n) is 2.34. The quantitative estimate of drug-likeness (QED) is 0.687. The number of aryl methyl sites for hydroxylation is 1. The van der Waals surface area contributed by atoms with Gasteiger partial charge in [0.25, 0.3) is 5.56 Å². The van der Waals surface area contributed by atoms with Crippen LogP contribution in [0.5, 0.6) is 0 Å². The Balaban J connectivity index is 1.76. The molecule has 1 atom stereocenters. The second-order valence-corrected chi connectivity index (χ2v) is 5.01. The minimum atomic E-state index is -0.129. The van der Waals surface area contributed by atoms with Gasteiger partial charge in [-0.25, -0.2) is 4.98 Å². The van der Waals surface area contributed by atoms with Gasteiger partial charge in [0.05, 0.1) is 11.7 Å². The van der Waals surface area contributed by atoms with Crippen LogP contribution in [0.1, 0.15) is 18.8 Å². The number of aromatic nitrogens is 4. The zero-order valence-electron chi connectivity index (χ0n) is 11.9. The Morgan fingerprint density at radius 3 is 2.57 bits per heavy atom. The van der Waals surface area contributed by atoms with Crippen LogP contribution < -0.4 is 10.9 Å². The number of nitrogens with one attached hydrogen (secondary N) is 3. The van der Waals surface area contributed by atoms with Gasteiger partial charge in [-0.2, -0.15) is 0 Å². The van der Waals surface area contributed by atoms with E-state index in [-0.39, 0.29) is 11.6 Å². The topological polar surface area (TPSA) is 78.5 Å². The van der Waals surface area contributed by atoms with Crippen molar-refractivity contribution < 1.29 is 0 Å². The zero-order chi connectivity index (χ0) is 14.8. The summed E-state index contributed by atoms with van der Waals surface area (Å²) in [6, 6.07) is 9.56. The number of benzene rings is 1. The van der Waals surface area contributed by atoms with E-state index in [9.17, 15) is 4.79 Å². The van der Waals surface area contributed by atoms with E-state index in [4.69, 9.17) is 0 Å². The third-order valence-corrected chi connectivity index (χ3v) is 3.42. The highest BCUT2D eigenvalue weighted by Crippen LogP contribution is 2.21. The molecule has 0 bridgehead atoms. The summed E-state index contributed by atoms with van der Waals surface area (Å²) in [6.45, 7) is 2.07. The molecule has 2 heterocycles. The summed E-state index contributed by atoms with van der Waals surface area (Å²) in [6.07, 6.45) is 3.72. The minimum Gasteiger partial charge on any atom is -0.375 e. The molecule has 1 aromatic carbocycles. The van der Waals surface area contributed by atoms with Gasteiger partial charge in [-0.3, -0.25) is 15.0 Å². The zero-order valence-corrected chi connectivity index (χ0v) is 11.9. The Bertz CT molecular complexity index is 781. The van der Waals surface area contributed by atoms with Crippen LogP contribution >= 0.6 is 0 Å². The summed E-state index contributed by atoms with van der Waals surface area (Å²) in [5, 5.41) is 8.78. The Labute approximate surface area is 121 Å². The number of imidazole rings is 1. The molecule has 0 amide bonds. The molecular weight excluding hydrogens is 266 g/mol. The normalized spacial score (nSPS) is 12.3. The molecular formula is C15H17N5O. The fourth-order valence-corrected chi connectivity index (χ4v) is 2.34. The number of hydrogen-bond donors (Lipinski definition) is 3. The Hall–Kier alpha value is -2.76. The molecule has 6 nitrogen and oxygen atoms in total. The van der Waals surface area contributed by atoms with Crippen LogP contribution in [0.25, 0.3) is 11.3 Å². The first-order chi connectivity index (χ1) is 10.1. The molecule has 0 saturated heterocycles. The number of rotatable bonds is 4. The third kappa shape index (κ3) is 2.74. The summed E-state index contributed by atoms with van der Waals surface area (Å²) < 4.78 is 2.00. The smallest absolute Gasteiger partial charge is 0.264 e. The van der Waals surface area contributed by atoms with Crippen LogP contribution in [0.3, 0.4) is 0 Å². The van der Waals surface area contributed by atoms with Crippen LogP contribution in [-0.2, 0) is 7.05 Å². The van der Waals surface area contributed by atoms with Crippen molar-refractivity contribution in [2.75, 3.05) is 5.32 Å². The lowest BCUT2D eigenvalue weighted by molar-refractivity contribution is 0.722. The number of nitrogens with zero attached hydrogens (tertiary/aromatic N) is 2. The number of anilines is 1. The van der Waals surface area contributed by atoms with E-state index in [0.717, 1.165) is 22.8 Å². The molecule has 2 aromatic heterocycles. The largest absolute Gasteiger partial charge is 0.375 e. The highest BCUT2D eigenvalue weighted by Gasteiger charge is 2.10. The first kappa shape index (κ1) is 13.2. The van der Waals surface area contributed by atoms with Crippen molar-refractivity contribution in [1.29, 1.82) is 0 Å². The predicted octanol–water partition coefficient (Wildman–Crippen LogP) is 2.28. The van der Waals surface area contributed by atoms with Gasteiger partial charge in [0.15, 0.2) is 0 Å². The van der Waals surface area contributed by atoms with E-state index in [1.165, 1.54) is 0 Å². The molecule has 3 aromatic rings. The second kappa shape index (κ2) is 5.32. The van der Waals surface area contributed by atoms with Crippen molar-refractivity contribution in [3.05, 3.63) is 58.9 Å². The molecule has 0 fully saturated rings. The second-order valence-electron chi connectivity index (χ2n) is 5.01. The van der Waals surface area contributed by atoms with Gasteiger partial charge in [-0.1, -0.05) is 12.1 Å². The lowest BCUT2D eigenvalue weighted by Crippen LogP contribution is -2.11. The standard InChI is InChI=1S/C15H17N5O/c1-10(15-16-7-8-20(15)2)17-12-5-3-11(4-6-12)13-9-14(21)19-18-13/h3-10,17H,1-2H3,(H2,18,19,21). The summed E-state index contributed by atoms with van der Waals surface area (Å²) >= 11 is 0. The van der Waals surface area contributed by atoms with Crippen LogP contribution in [-0.4, -0.2) is 19.7 Å². The Morgan fingerprint density at radius 1 is 1.24 bits per heavy atom. The van der Waals surface area contributed by atoms with Crippen molar-refractivity contribution >= 4 is 5.69 Å². The van der Waals surface area contributed by atoms with Crippen molar-refractivity contribution in [1.82, 2.24) is 19.7 Å². The highest BCUT2D eigenvalue weighted by molar-refractivity contribution is 5.62. The van der Waals surface area contributed by atoms with E-state index in [1.807, 2.05) is 42.1 Å². The fraction of sp³-hybridized carbons (Fsp3) is 0.200. The molecule has 0 spiro atoms. The van der Waals surface area contributed by atoms with Gasteiger partial charge in [0.1, 0.15) is 5.82 Å². The Morgan fingerprint density at radius 2 is 2.00 bits per heavy atom. The average molecular weight is 283 g/mol. The SMILES string of the molecule is CC(Nc1ccc(-c2cc(=O)[nH][nH]2)cc1)c1nccn1C. The molecule has 21 heavy (non-hydrogen) atoms. The predicted molar refractivity (Wildman–Crippen MR) is 82.1 cm³/mol. The van der Waals surface area contributed by atoms with E-state index >= 15 is 0 Å². The van der Waals surface area contributed by atoms with Crippen LogP contribution in [0.4, 0.5) is 5.69 Å². The summed E-state index contributed by atoms with van der Waals surface area (Å²) in [5.74, 6) is 0.981. The monoisotopic (exact) mass is 283 g/mol. The molecule has 0 saturated carbocycles. The molecule has 0 aliphatic rings. The molecule has 0 radical (unpaired) electrons. The van der Waals surface area contributed by atoms with Gasteiger partial charge in [0, 0.05) is 31.2 Å².